The summed E-state index contributed by atoms with van der Waals surface area (Å²) in [6.45, 7) is 0.812. The maximum absolute atomic E-state index is 11.0. The van der Waals surface area contributed by atoms with Gasteiger partial charge in [0.15, 0.2) is 0 Å². The van der Waals surface area contributed by atoms with Crippen molar-refractivity contribution in [3.8, 4) is 0 Å². The van der Waals surface area contributed by atoms with E-state index in [4.69, 9.17) is 0 Å². The van der Waals surface area contributed by atoms with E-state index in [1.54, 1.807) is 12.1 Å². The van der Waals surface area contributed by atoms with Crippen LogP contribution in [-0.4, -0.2) is 22.5 Å². The van der Waals surface area contributed by atoms with Crippen LogP contribution in [0.3, 0.4) is 0 Å². The molecule has 1 aliphatic rings. The predicted octanol–water partition coefficient (Wildman–Crippen LogP) is 3.90. The van der Waals surface area contributed by atoms with Gasteiger partial charge in [-0.2, -0.15) is 11.8 Å². The average Bonchev–Trinajstić information content (AvgIpc) is 2.38. The second-order valence-electron chi connectivity index (χ2n) is 4.29. The summed E-state index contributed by atoms with van der Waals surface area (Å²) in [5.41, 5.74) is 0.800. The molecule has 1 aromatic rings. The van der Waals surface area contributed by atoms with Crippen molar-refractivity contribution in [3.63, 3.8) is 0 Å². The number of thioether (sulfide) groups is 1. The molecule has 0 aromatic heterocycles. The van der Waals surface area contributed by atoms with Gasteiger partial charge in [-0.05, 0) is 53.3 Å². The van der Waals surface area contributed by atoms with E-state index >= 15 is 0 Å². The van der Waals surface area contributed by atoms with E-state index in [1.807, 2.05) is 17.8 Å². The zero-order valence-electron chi connectivity index (χ0n) is 9.89. The second kappa shape index (κ2) is 6.60. The van der Waals surface area contributed by atoms with Crippen LogP contribution in [0.25, 0.3) is 0 Å². The molecule has 1 aliphatic heterocycles. The molecule has 0 radical (unpaired) electrons. The third kappa shape index (κ3) is 3.74. The van der Waals surface area contributed by atoms with Crippen molar-refractivity contribution in [2.24, 2.45) is 0 Å². The summed E-state index contributed by atoms with van der Waals surface area (Å²) < 4.78 is 0.886. The number of rotatable bonds is 4. The van der Waals surface area contributed by atoms with Gasteiger partial charge in [0.2, 0.25) is 0 Å². The van der Waals surface area contributed by atoms with Gasteiger partial charge in [-0.15, -0.1) is 0 Å². The minimum Gasteiger partial charge on any atom is -0.378 e. The second-order valence-corrected chi connectivity index (χ2v) is 6.94. The highest BCUT2D eigenvalue weighted by Gasteiger charge is 2.17. The maximum Gasteiger partial charge on any atom is 0.293 e. The molecule has 1 saturated heterocycles. The molecule has 2 rings (SSSR count). The first kappa shape index (κ1) is 13.9. The molecule has 1 aromatic carbocycles. The molecular formula is C12H15IN2O2S. The summed E-state index contributed by atoms with van der Waals surface area (Å²) in [6, 6.07) is 5.30. The van der Waals surface area contributed by atoms with E-state index in [0.717, 1.165) is 10.1 Å². The van der Waals surface area contributed by atoms with Crippen LogP contribution in [0.1, 0.15) is 19.3 Å². The Balaban J connectivity index is 2.01. The molecule has 0 aliphatic carbocycles. The van der Waals surface area contributed by atoms with Gasteiger partial charge in [0.25, 0.3) is 5.69 Å². The average molecular weight is 378 g/mol. The quantitative estimate of drug-likeness (QED) is 0.491. The monoisotopic (exact) mass is 378 g/mol. The number of hydrogen-bond donors (Lipinski definition) is 1. The third-order valence-electron chi connectivity index (χ3n) is 2.95. The van der Waals surface area contributed by atoms with Gasteiger partial charge in [-0.1, -0.05) is 6.42 Å². The van der Waals surface area contributed by atoms with Gasteiger partial charge < -0.3 is 5.32 Å². The van der Waals surface area contributed by atoms with E-state index < -0.39 is 0 Å². The number of nitro groups is 1. The number of nitro benzene ring substituents is 1. The SMILES string of the molecule is O=[N+]([O-])c1cc(I)ccc1NCC1CCCCS1. The van der Waals surface area contributed by atoms with Crippen molar-refractivity contribution in [1.82, 2.24) is 0 Å². The first-order valence-electron chi connectivity index (χ1n) is 5.96. The Morgan fingerprint density at radius 1 is 1.50 bits per heavy atom. The standard InChI is InChI=1S/C12H15IN2O2S/c13-9-4-5-11(12(7-9)15(16)17)14-8-10-3-1-2-6-18-10/h4-5,7,10,14H,1-3,6,8H2. The van der Waals surface area contributed by atoms with Crippen LogP contribution in [0.2, 0.25) is 0 Å². The van der Waals surface area contributed by atoms with Crippen LogP contribution < -0.4 is 5.32 Å². The molecule has 1 fully saturated rings. The zero-order chi connectivity index (χ0) is 13.0. The predicted molar refractivity (Wildman–Crippen MR) is 84.4 cm³/mol. The number of halogens is 1. The van der Waals surface area contributed by atoms with Crippen LogP contribution in [0, 0.1) is 13.7 Å². The molecule has 0 saturated carbocycles. The molecule has 98 valence electrons. The molecule has 1 unspecified atom stereocenters. The molecule has 0 bridgehead atoms. The van der Waals surface area contributed by atoms with Crippen molar-refractivity contribution >= 4 is 45.7 Å². The molecule has 1 atom stereocenters. The summed E-state index contributed by atoms with van der Waals surface area (Å²) in [5, 5.41) is 14.8. The minimum absolute atomic E-state index is 0.169. The fraction of sp³-hybridized carbons (Fsp3) is 0.500. The Kier molecular flexibility index (Phi) is 5.11. The van der Waals surface area contributed by atoms with E-state index in [-0.39, 0.29) is 10.6 Å². The van der Waals surface area contributed by atoms with Crippen molar-refractivity contribution in [3.05, 3.63) is 31.9 Å². The Morgan fingerprint density at radius 3 is 3.00 bits per heavy atom. The van der Waals surface area contributed by atoms with Crippen molar-refractivity contribution < 1.29 is 4.92 Å². The lowest BCUT2D eigenvalue weighted by Crippen LogP contribution is -2.20. The molecule has 18 heavy (non-hydrogen) atoms. The van der Waals surface area contributed by atoms with Crippen molar-refractivity contribution in [1.29, 1.82) is 0 Å². The van der Waals surface area contributed by atoms with Gasteiger partial charge in [0.1, 0.15) is 5.69 Å². The molecular weight excluding hydrogens is 363 g/mol. The Morgan fingerprint density at radius 2 is 2.33 bits per heavy atom. The van der Waals surface area contributed by atoms with E-state index in [0.29, 0.717) is 10.9 Å². The highest BCUT2D eigenvalue weighted by molar-refractivity contribution is 14.1. The Hall–Kier alpha value is -0.500. The summed E-state index contributed by atoms with van der Waals surface area (Å²) in [5.74, 6) is 1.21. The fourth-order valence-electron chi connectivity index (χ4n) is 2.00. The molecule has 0 amide bonds. The Bertz CT molecular complexity index is 436. The Labute approximate surface area is 124 Å². The third-order valence-corrected chi connectivity index (χ3v) is 5.02. The normalized spacial score (nSPS) is 19.5. The summed E-state index contributed by atoms with van der Waals surface area (Å²) in [4.78, 5) is 10.7. The molecule has 4 nitrogen and oxygen atoms in total. The van der Waals surface area contributed by atoms with Crippen LogP contribution in [0.4, 0.5) is 11.4 Å². The minimum atomic E-state index is -0.321. The van der Waals surface area contributed by atoms with Gasteiger partial charge in [-0.3, -0.25) is 10.1 Å². The molecule has 6 heteroatoms. The number of hydrogen-bond acceptors (Lipinski definition) is 4. The number of benzene rings is 1. The van der Waals surface area contributed by atoms with Crippen LogP contribution in [0.15, 0.2) is 18.2 Å². The number of anilines is 1. The molecule has 0 spiro atoms. The van der Waals surface area contributed by atoms with Crippen molar-refractivity contribution in [2.75, 3.05) is 17.6 Å². The molecule has 1 N–H and O–H groups in total. The lowest BCUT2D eigenvalue weighted by molar-refractivity contribution is -0.384. The highest BCUT2D eigenvalue weighted by atomic mass is 127. The summed E-state index contributed by atoms with van der Waals surface area (Å²) in [6.07, 6.45) is 3.77. The topological polar surface area (TPSA) is 55.2 Å². The largest absolute Gasteiger partial charge is 0.378 e. The van der Waals surface area contributed by atoms with Crippen LogP contribution in [-0.2, 0) is 0 Å². The van der Waals surface area contributed by atoms with Crippen molar-refractivity contribution in [2.45, 2.75) is 24.5 Å². The van der Waals surface area contributed by atoms with E-state index in [1.165, 1.54) is 25.0 Å². The van der Waals surface area contributed by atoms with Gasteiger partial charge in [0.05, 0.1) is 4.92 Å². The maximum atomic E-state index is 11.0. The number of nitrogens with one attached hydrogen (secondary N) is 1. The van der Waals surface area contributed by atoms with Gasteiger partial charge >= 0.3 is 0 Å². The first-order chi connectivity index (χ1) is 8.66. The van der Waals surface area contributed by atoms with Crippen LogP contribution >= 0.6 is 34.4 Å². The zero-order valence-corrected chi connectivity index (χ0v) is 12.9. The summed E-state index contributed by atoms with van der Waals surface area (Å²) >= 11 is 4.06. The highest BCUT2D eigenvalue weighted by Crippen LogP contribution is 2.29. The van der Waals surface area contributed by atoms with Gasteiger partial charge in [0, 0.05) is 21.4 Å². The molecule has 1 heterocycles. The first-order valence-corrected chi connectivity index (χ1v) is 8.09. The van der Waals surface area contributed by atoms with Crippen LogP contribution in [0.5, 0.6) is 0 Å². The summed E-state index contributed by atoms with van der Waals surface area (Å²) in [7, 11) is 0. The van der Waals surface area contributed by atoms with E-state index in [2.05, 4.69) is 27.9 Å². The smallest absolute Gasteiger partial charge is 0.293 e. The lowest BCUT2D eigenvalue weighted by Gasteiger charge is -2.21. The van der Waals surface area contributed by atoms with E-state index in [9.17, 15) is 10.1 Å². The fourth-order valence-corrected chi connectivity index (χ4v) is 3.71. The lowest BCUT2D eigenvalue weighted by atomic mass is 10.2. The van der Waals surface area contributed by atoms with Gasteiger partial charge in [-0.25, -0.2) is 0 Å². The number of nitrogens with zero attached hydrogens (tertiary/aromatic N) is 1.